The lowest BCUT2D eigenvalue weighted by Crippen LogP contribution is -2.44. The van der Waals surface area contributed by atoms with E-state index in [2.05, 4.69) is 33.6 Å². The third kappa shape index (κ3) is 3.92. The van der Waals surface area contributed by atoms with Crippen LogP contribution >= 0.6 is 0 Å². The first-order valence-electron chi connectivity index (χ1n) is 12.1. The first-order chi connectivity index (χ1) is 16.7. The van der Waals surface area contributed by atoms with E-state index in [1.54, 1.807) is 13.3 Å². The van der Waals surface area contributed by atoms with E-state index in [-0.39, 0.29) is 6.10 Å². The molecule has 1 aliphatic carbocycles. The number of H-pyrrole nitrogens is 1. The van der Waals surface area contributed by atoms with E-state index >= 15 is 0 Å². The van der Waals surface area contributed by atoms with Crippen molar-refractivity contribution in [1.82, 2.24) is 19.9 Å². The number of hydrogen-bond donors (Lipinski definition) is 3. The molecule has 2 aliphatic heterocycles. The smallest absolute Gasteiger partial charge is 0.182 e. The average Bonchev–Trinajstić information content (AvgIpc) is 3.28. The van der Waals surface area contributed by atoms with Crippen molar-refractivity contribution in [2.75, 3.05) is 24.3 Å². The van der Waals surface area contributed by atoms with Gasteiger partial charge in [0, 0.05) is 24.7 Å². The molecule has 3 aromatic heterocycles. The highest BCUT2D eigenvalue weighted by Gasteiger charge is 2.36. The van der Waals surface area contributed by atoms with Crippen molar-refractivity contribution >= 4 is 33.7 Å². The standard InChI is InChI=1S/C26H30N6O2/c1-15-11-30-25-20(33-2)9-5-17(24(15)25)12-28-23-14-27-19-8-10-22(31-26(19)32-23)29-13-21-16-3-6-18(34-21)7-4-16/h5,8-11,14,16,18,21,30H,3-4,6-7,12-13H2,1-2H3,(H2,28,29,31,32). The first-order valence-corrected chi connectivity index (χ1v) is 12.1. The maximum Gasteiger partial charge on any atom is 0.182 e. The lowest BCUT2D eigenvalue weighted by Gasteiger charge is -2.42. The molecule has 5 heterocycles. The molecule has 0 radical (unpaired) electrons. The summed E-state index contributed by atoms with van der Waals surface area (Å²) in [5, 5.41) is 8.05. The maximum atomic E-state index is 6.20. The van der Waals surface area contributed by atoms with E-state index in [4.69, 9.17) is 19.4 Å². The van der Waals surface area contributed by atoms with Gasteiger partial charge in [0.15, 0.2) is 5.65 Å². The van der Waals surface area contributed by atoms with Crippen LogP contribution in [0.1, 0.15) is 36.8 Å². The minimum atomic E-state index is 0.280. The summed E-state index contributed by atoms with van der Waals surface area (Å²) in [6, 6.07) is 8.01. The number of aryl methyl sites for hydroxylation is 1. The molecule has 3 fully saturated rings. The molecule has 1 atom stereocenters. The van der Waals surface area contributed by atoms with Crippen LogP contribution in [0, 0.1) is 12.8 Å². The summed E-state index contributed by atoms with van der Waals surface area (Å²) in [5.74, 6) is 3.01. The summed E-state index contributed by atoms with van der Waals surface area (Å²) in [6.07, 6.45) is 9.49. The Balaban J connectivity index is 1.17. The number of nitrogens with one attached hydrogen (secondary N) is 3. The van der Waals surface area contributed by atoms with Crippen LogP contribution in [0.3, 0.4) is 0 Å². The van der Waals surface area contributed by atoms with Crippen molar-refractivity contribution in [2.45, 2.75) is 51.4 Å². The van der Waals surface area contributed by atoms with E-state index < -0.39 is 0 Å². The number of aromatic amines is 1. The van der Waals surface area contributed by atoms with Gasteiger partial charge in [-0.25, -0.2) is 15.0 Å². The predicted molar refractivity (Wildman–Crippen MR) is 133 cm³/mol. The Morgan fingerprint density at radius 1 is 1.06 bits per heavy atom. The fourth-order valence-corrected chi connectivity index (χ4v) is 5.43. The van der Waals surface area contributed by atoms with E-state index in [0.717, 1.165) is 29.1 Å². The SMILES string of the molecule is COc1ccc(CNc2cnc3ccc(NCC4OC5CCC4CC5)nc3n2)c2c(C)c[nH]c12. The fourth-order valence-electron chi connectivity index (χ4n) is 5.43. The Hall–Kier alpha value is -3.39. The number of pyridine rings is 1. The van der Waals surface area contributed by atoms with Gasteiger partial charge in [0.2, 0.25) is 0 Å². The molecule has 2 saturated heterocycles. The summed E-state index contributed by atoms with van der Waals surface area (Å²) in [7, 11) is 1.69. The van der Waals surface area contributed by atoms with Crippen LogP contribution in [-0.4, -0.2) is 45.8 Å². The van der Waals surface area contributed by atoms with Gasteiger partial charge in [-0.2, -0.15) is 0 Å². The third-order valence-corrected chi connectivity index (χ3v) is 7.26. The lowest BCUT2D eigenvalue weighted by atomic mass is 9.80. The van der Waals surface area contributed by atoms with Gasteiger partial charge in [-0.15, -0.1) is 0 Å². The molecule has 7 rings (SSSR count). The molecule has 176 valence electrons. The highest BCUT2D eigenvalue weighted by Crippen LogP contribution is 2.37. The summed E-state index contributed by atoms with van der Waals surface area (Å²) >= 11 is 0. The van der Waals surface area contributed by atoms with Crippen LogP contribution in [-0.2, 0) is 11.3 Å². The first kappa shape index (κ1) is 21.2. The zero-order valence-electron chi connectivity index (χ0n) is 19.6. The summed E-state index contributed by atoms with van der Waals surface area (Å²) in [5.41, 5.74) is 4.76. The molecule has 8 nitrogen and oxygen atoms in total. The molecule has 4 aromatic rings. The number of benzene rings is 1. The number of methoxy groups -OCH3 is 1. The Morgan fingerprint density at radius 2 is 1.91 bits per heavy atom. The summed E-state index contributed by atoms with van der Waals surface area (Å²) in [6.45, 7) is 3.51. The van der Waals surface area contributed by atoms with Crippen molar-refractivity contribution < 1.29 is 9.47 Å². The van der Waals surface area contributed by atoms with Gasteiger partial charge in [-0.1, -0.05) is 6.07 Å². The molecular formula is C26H30N6O2. The van der Waals surface area contributed by atoms with Crippen molar-refractivity contribution in [3.8, 4) is 5.75 Å². The molecule has 1 saturated carbocycles. The maximum absolute atomic E-state index is 6.20. The second-order valence-electron chi connectivity index (χ2n) is 9.39. The largest absolute Gasteiger partial charge is 0.495 e. The number of rotatable bonds is 7. The molecule has 1 aromatic carbocycles. The number of ether oxygens (including phenoxy) is 2. The Kier molecular flexibility index (Phi) is 5.45. The number of nitrogens with zero attached hydrogens (tertiary/aromatic N) is 3. The highest BCUT2D eigenvalue weighted by molar-refractivity contribution is 5.91. The van der Waals surface area contributed by atoms with Gasteiger partial charge < -0.3 is 25.1 Å². The Morgan fingerprint density at radius 3 is 2.71 bits per heavy atom. The van der Waals surface area contributed by atoms with Crippen LogP contribution < -0.4 is 15.4 Å². The quantitative estimate of drug-likeness (QED) is 0.366. The van der Waals surface area contributed by atoms with Crippen LogP contribution in [0.4, 0.5) is 11.6 Å². The second-order valence-corrected chi connectivity index (χ2v) is 9.39. The van der Waals surface area contributed by atoms with E-state index in [1.165, 1.54) is 42.2 Å². The van der Waals surface area contributed by atoms with Gasteiger partial charge >= 0.3 is 0 Å². The lowest BCUT2D eigenvalue weighted by molar-refractivity contribution is -0.117. The topological polar surface area (TPSA) is 97.0 Å². The van der Waals surface area contributed by atoms with Gasteiger partial charge in [0.1, 0.15) is 22.9 Å². The number of aromatic nitrogens is 4. The molecule has 3 aliphatic rings. The summed E-state index contributed by atoms with van der Waals surface area (Å²) < 4.78 is 11.7. The highest BCUT2D eigenvalue weighted by atomic mass is 16.5. The number of fused-ring (bicyclic) bond motifs is 5. The normalized spacial score (nSPS) is 21.8. The van der Waals surface area contributed by atoms with Crippen molar-refractivity contribution in [3.05, 3.63) is 47.8 Å². The third-order valence-electron chi connectivity index (χ3n) is 7.26. The predicted octanol–water partition coefficient (Wildman–Crippen LogP) is 4.80. The molecule has 8 heteroatoms. The molecular weight excluding hydrogens is 428 g/mol. The zero-order valence-corrected chi connectivity index (χ0v) is 19.6. The van der Waals surface area contributed by atoms with Crippen molar-refractivity contribution in [1.29, 1.82) is 0 Å². The van der Waals surface area contributed by atoms with Crippen LogP contribution in [0.5, 0.6) is 5.75 Å². The molecule has 3 N–H and O–H groups in total. The summed E-state index contributed by atoms with van der Waals surface area (Å²) in [4.78, 5) is 17.3. The molecule has 0 spiro atoms. The minimum Gasteiger partial charge on any atom is -0.495 e. The number of hydrogen-bond acceptors (Lipinski definition) is 7. The van der Waals surface area contributed by atoms with Crippen LogP contribution in [0.15, 0.2) is 36.7 Å². The zero-order chi connectivity index (χ0) is 23.1. The van der Waals surface area contributed by atoms with E-state index in [1.807, 2.05) is 24.4 Å². The van der Waals surface area contributed by atoms with Gasteiger partial charge in [-0.3, -0.25) is 0 Å². The van der Waals surface area contributed by atoms with Crippen molar-refractivity contribution in [2.24, 2.45) is 5.92 Å². The van der Waals surface area contributed by atoms with E-state index in [9.17, 15) is 0 Å². The molecule has 1 unspecified atom stereocenters. The van der Waals surface area contributed by atoms with Gasteiger partial charge in [0.25, 0.3) is 0 Å². The second kappa shape index (κ2) is 8.76. The van der Waals surface area contributed by atoms with Crippen LogP contribution in [0.25, 0.3) is 22.1 Å². The Bertz CT molecular complexity index is 1330. The minimum absolute atomic E-state index is 0.280. The van der Waals surface area contributed by atoms with Gasteiger partial charge in [-0.05, 0) is 67.9 Å². The average molecular weight is 459 g/mol. The van der Waals surface area contributed by atoms with Crippen molar-refractivity contribution in [3.63, 3.8) is 0 Å². The fraction of sp³-hybridized carbons (Fsp3) is 0.423. The van der Waals surface area contributed by atoms with Crippen LogP contribution in [0.2, 0.25) is 0 Å². The monoisotopic (exact) mass is 458 g/mol. The molecule has 0 amide bonds. The van der Waals surface area contributed by atoms with E-state index in [0.29, 0.717) is 30.0 Å². The molecule has 34 heavy (non-hydrogen) atoms. The number of anilines is 2. The van der Waals surface area contributed by atoms with Gasteiger partial charge in [0.05, 0.1) is 31.0 Å². The Labute approximate surface area is 198 Å². The molecule has 2 bridgehead atoms.